The minimum Gasteiger partial charge on any atom is -0.491 e. The zero-order valence-corrected chi connectivity index (χ0v) is 50.5. The molecule has 23 nitrogen and oxygen atoms in total. The van der Waals surface area contributed by atoms with Crippen molar-refractivity contribution in [1.82, 2.24) is 45.9 Å². The lowest BCUT2D eigenvalue weighted by Gasteiger charge is -2.33. The van der Waals surface area contributed by atoms with Crippen LogP contribution in [0.3, 0.4) is 0 Å². The summed E-state index contributed by atoms with van der Waals surface area (Å²) >= 11 is 0. The molecule has 0 unspecified atom stereocenters. The number of nitriles is 2. The smallest absolute Gasteiger partial charge is 0.337 e. The lowest BCUT2D eigenvalue weighted by molar-refractivity contribution is -0.161. The van der Waals surface area contributed by atoms with Crippen LogP contribution in [-0.2, 0) is 33.6 Å². The van der Waals surface area contributed by atoms with E-state index >= 15 is 0 Å². The molecule has 87 heavy (non-hydrogen) atoms. The number of hydrogen-bond acceptors (Lipinski definition) is 19. The number of nitrogens with one attached hydrogen (secondary N) is 4. The number of aromatic nitrogens is 2. The van der Waals surface area contributed by atoms with Gasteiger partial charge in [-0.15, -0.1) is 0 Å². The molecule has 2 aromatic heterocycles. The van der Waals surface area contributed by atoms with Crippen LogP contribution in [0.1, 0.15) is 79.0 Å². The summed E-state index contributed by atoms with van der Waals surface area (Å²) in [5, 5.41) is 39.8. The minimum absolute atomic E-state index is 0.0616. The van der Waals surface area contributed by atoms with Gasteiger partial charge >= 0.3 is 5.97 Å². The third-order valence-corrected chi connectivity index (χ3v) is 18.7. The molecule has 4 heterocycles. The van der Waals surface area contributed by atoms with Gasteiger partial charge in [0.05, 0.1) is 62.7 Å². The SMILES string of the molecule is CN(C(=O)CCSSCCC(=O)NCCCOc1cccc2c(C(=O)NCC(=O)N3CC(F)(F)C[C@H]3C#N)ccnc12)[C@@](C)(C(=O)O)C(=O)CCSSCCC(=O)NCCCOc1cccc2c(C(=O)NCC(=O)N3CC(F)(F)C[C@H]3C#N)ccnc12. The molecule has 3 atom stereocenters. The number of carboxylic acids is 1. The number of hydrogen-bond donors (Lipinski definition) is 5. The van der Waals surface area contributed by atoms with Gasteiger partial charge in [-0.25, -0.2) is 22.4 Å². The molecule has 31 heteroatoms. The lowest BCUT2D eigenvalue weighted by Crippen LogP contribution is -2.58. The number of alkyl halides is 4. The summed E-state index contributed by atoms with van der Waals surface area (Å²) in [5.41, 5.74) is -1.08. The second kappa shape index (κ2) is 32.4. The van der Waals surface area contributed by atoms with Crippen molar-refractivity contribution in [3.05, 3.63) is 72.1 Å². The topological polar surface area (TPSA) is 324 Å². The number of halogens is 4. The summed E-state index contributed by atoms with van der Waals surface area (Å²) in [6.07, 6.45) is 2.18. The van der Waals surface area contributed by atoms with Gasteiger partial charge in [0.2, 0.25) is 29.5 Å². The molecule has 466 valence electrons. The van der Waals surface area contributed by atoms with E-state index in [0.29, 0.717) is 57.7 Å². The number of amides is 7. The van der Waals surface area contributed by atoms with Crippen molar-refractivity contribution >= 4 is 118 Å². The van der Waals surface area contributed by atoms with Crippen molar-refractivity contribution in [2.75, 3.05) is 82.5 Å². The number of fused-ring (bicyclic) bond motifs is 2. The predicted octanol–water partition coefficient (Wildman–Crippen LogP) is 5.43. The summed E-state index contributed by atoms with van der Waals surface area (Å²) in [6.45, 7) is -0.868. The second-order valence-corrected chi connectivity index (χ2v) is 25.4. The largest absolute Gasteiger partial charge is 0.491 e. The first-order chi connectivity index (χ1) is 41.5. The average molecular weight is 1290 g/mol. The fourth-order valence-electron chi connectivity index (χ4n) is 9.04. The predicted molar refractivity (Wildman–Crippen MR) is 318 cm³/mol. The number of pyridine rings is 2. The Hall–Kier alpha value is -7.61. The van der Waals surface area contributed by atoms with E-state index < -0.39 is 110 Å². The number of aliphatic carboxylic acids is 1. The Kier molecular flexibility index (Phi) is 25.5. The molecule has 0 aliphatic carbocycles. The average Bonchev–Trinajstić information content (AvgIpc) is 3.89. The van der Waals surface area contributed by atoms with Crippen LogP contribution in [0.15, 0.2) is 60.9 Å². The second-order valence-electron chi connectivity index (χ2n) is 20.0. The van der Waals surface area contributed by atoms with Crippen LogP contribution in [0.4, 0.5) is 17.6 Å². The molecular weight excluding hydrogens is 1220 g/mol. The van der Waals surface area contributed by atoms with Gasteiger partial charge in [0, 0.05) is 105 Å². The Morgan fingerprint density at radius 1 is 0.655 bits per heavy atom. The highest BCUT2D eigenvalue weighted by Gasteiger charge is 2.49. The number of likely N-dealkylation sites (N-methyl/N-ethyl adjacent to an activating group) is 1. The Morgan fingerprint density at radius 3 is 1.48 bits per heavy atom. The summed E-state index contributed by atoms with van der Waals surface area (Å²) in [6, 6.07) is 13.5. The van der Waals surface area contributed by atoms with Gasteiger partial charge in [-0.1, -0.05) is 67.4 Å². The van der Waals surface area contributed by atoms with Gasteiger partial charge in [-0.2, -0.15) is 10.5 Å². The normalized spacial score (nSPS) is 16.4. The number of Topliss-reactive ketones (excluding diaryl/α,β-unsaturated/α-hetero) is 1. The van der Waals surface area contributed by atoms with Crippen molar-refractivity contribution in [3.8, 4) is 23.6 Å². The first-order valence-electron chi connectivity index (χ1n) is 27.3. The molecule has 2 aliphatic heterocycles. The number of ether oxygens (including phenoxy) is 2. The van der Waals surface area contributed by atoms with Gasteiger partial charge in [0.1, 0.15) is 34.6 Å². The summed E-state index contributed by atoms with van der Waals surface area (Å²) in [5.74, 6) is -10.4. The molecule has 2 saturated heterocycles. The van der Waals surface area contributed by atoms with E-state index in [1.165, 1.54) is 81.7 Å². The summed E-state index contributed by atoms with van der Waals surface area (Å²) < 4.78 is 67.1. The molecule has 2 fully saturated rings. The zero-order valence-electron chi connectivity index (χ0n) is 47.3. The van der Waals surface area contributed by atoms with E-state index in [4.69, 9.17) is 9.47 Å². The standard InChI is InChI=1S/C56H63F4N11O12S4/c1-54(53(80)81,43(72)13-23-84-85-24-14-44(73)63-17-5-21-82-41-9-3-7-37-39(11-19-65-49(37)41)51(78)67-31-47(76)70-33-55(57,58)27-35(70)29-61)69(2)46(75)16-26-87-86-25-15-45(74)64-18-6-22-83-42-10-4-8-38-40(12-20-66-50(38)42)52(79)68-32-48(77)71-34-56(59,60)28-36(71)30-62/h3-4,7-12,19-20,35-36H,5-6,13-18,21-28,31-34H2,1-2H3,(H,63,73)(H,64,74)(H,67,78)(H,68,79)(H,80,81)/t35-,36-,54+/m0/s1. The van der Waals surface area contributed by atoms with Crippen LogP contribution < -0.4 is 30.7 Å². The monoisotopic (exact) mass is 1290 g/mol. The third kappa shape index (κ3) is 19.2. The maximum Gasteiger partial charge on any atom is 0.337 e. The van der Waals surface area contributed by atoms with Crippen molar-refractivity contribution in [2.24, 2.45) is 0 Å². The van der Waals surface area contributed by atoms with Crippen molar-refractivity contribution < 1.29 is 75.3 Å². The number of likely N-dealkylation sites (tertiary alicyclic amines) is 2. The van der Waals surface area contributed by atoms with Crippen LogP contribution >= 0.6 is 43.2 Å². The number of carboxylic acid groups (broad SMARTS) is 1. The van der Waals surface area contributed by atoms with Crippen LogP contribution in [0.2, 0.25) is 0 Å². The molecule has 6 rings (SSSR count). The first-order valence-corrected chi connectivity index (χ1v) is 32.2. The number of rotatable bonds is 33. The van der Waals surface area contributed by atoms with Crippen LogP contribution in [0, 0.1) is 22.7 Å². The molecule has 5 N–H and O–H groups in total. The Bertz CT molecular complexity index is 3290. The molecule has 7 amide bonds. The highest BCUT2D eigenvalue weighted by molar-refractivity contribution is 8.77. The number of benzene rings is 2. The van der Waals surface area contributed by atoms with Gasteiger partial charge < -0.3 is 50.5 Å². The third-order valence-electron chi connectivity index (χ3n) is 13.8. The van der Waals surface area contributed by atoms with E-state index in [2.05, 4.69) is 31.2 Å². The van der Waals surface area contributed by atoms with Crippen molar-refractivity contribution in [2.45, 2.75) is 87.8 Å². The van der Waals surface area contributed by atoms with E-state index in [-0.39, 0.29) is 86.4 Å². The van der Waals surface area contributed by atoms with Crippen molar-refractivity contribution in [1.29, 1.82) is 10.5 Å². The molecule has 4 aromatic rings. The Balaban J connectivity index is 0.787. The molecule has 0 saturated carbocycles. The molecule has 0 radical (unpaired) electrons. The number of carbonyl (C=O) groups excluding carboxylic acids is 8. The molecule has 2 aliphatic rings. The maximum atomic E-state index is 13.8. The van der Waals surface area contributed by atoms with Crippen molar-refractivity contribution in [3.63, 3.8) is 0 Å². The quantitative estimate of drug-likeness (QED) is 0.0172. The summed E-state index contributed by atoms with van der Waals surface area (Å²) in [4.78, 5) is 126. The van der Waals surface area contributed by atoms with E-state index in [9.17, 15) is 76.3 Å². The van der Waals surface area contributed by atoms with Crippen LogP contribution in [-0.4, -0.2) is 195 Å². The fraction of sp³-hybridized carbons (Fsp3) is 0.482. The van der Waals surface area contributed by atoms with Crippen LogP contribution in [0.5, 0.6) is 11.5 Å². The fourth-order valence-corrected chi connectivity index (χ4v) is 13.0. The highest BCUT2D eigenvalue weighted by atomic mass is 33.1. The van der Waals surface area contributed by atoms with Gasteiger partial charge in [0.15, 0.2) is 11.3 Å². The number of para-hydroxylation sites is 2. The minimum atomic E-state index is -3.19. The lowest BCUT2D eigenvalue weighted by atomic mass is 9.92. The van der Waals surface area contributed by atoms with Gasteiger partial charge in [-0.3, -0.25) is 48.3 Å². The van der Waals surface area contributed by atoms with E-state index in [1.807, 2.05) is 0 Å². The molecular formula is C56H63F4N11O12S4. The van der Waals surface area contributed by atoms with Gasteiger partial charge in [-0.05, 0) is 44.0 Å². The first kappa shape index (κ1) is 68.5. The number of nitrogens with zero attached hydrogens (tertiary/aromatic N) is 7. The molecule has 0 bridgehead atoms. The molecule has 2 aromatic carbocycles. The maximum absolute atomic E-state index is 13.8. The van der Waals surface area contributed by atoms with Gasteiger partial charge in [0.25, 0.3) is 23.7 Å². The number of carbonyl (C=O) groups is 9. The van der Waals surface area contributed by atoms with E-state index in [1.54, 1.807) is 48.5 Å². The highest BCUT2D eigenvalue weighted by Crippen LogP contribution is 2.34. The van der Waals surface area contributed by atoms with Crippen LogP contribution in [0.25, 0.3) is 21.8 Å². The zero-order chi connectivity index (χ0) is 63.3. The van der Waals surface area contributed by atoms with E-state index in [0.717, 1.165) is 14.7 Å². The summed E-state index contributed by atoms with van der Waals surface area (Å²) in [7, 11) is 6.56. The Morgan fingerprint density at radius 2 is 1.07 bits per heavy atom. The number of ketones is 1. The Labute approximate surface area is 513 Å². The molecule has 0 spiro atoms.